The van der Waals surface area contributed by atoms with E-state index in [1.807, 2.05) is 60.7 Å². The van der Waals surface area contributed by atoms with E-state index in [0.717, 1.165) is 11.1 Å². The van der Waals surface area contributed by atoms with Crippen LogP contribution in [0.5, 0.6) is 0 Å². The maximum Gasteiger partial charge on any atom is 0.224 e. The number of rotatable bonds is 18. The number of benzene rings is 2. The predicted octanol–water partition coefficient (Wildman–Crippen LogP) is -0.0677. The number of primary amides is 1. The molecule has 11 N–H and O–H groups in total. The highest BCUT2D eigenvalue weighted by atomic mass is 16.2. The SMILES string of the molecule is NC[C@H](CC(=O)[C@H](Cc1ccccc1)NC(=O)[C@@H](CCCN=C(N)N)CC(=O)[C@@H](N)Cc1ccccc1)C(N)=O. The van der Waals surface area contributed by atoms with Crippen molar-refractivity contribution in [2.24, 2.45) is 45.5 Å². The largest absolute Gasteiger partial charge is 0.370 e. The lowest BCUT2D eigenvalue weighted by molar-refractivity contribution is -0.133. The third-order valence-corrected chi connectivity index (χ3v) is 6.66. The molecule has 0 spiro atoms. The first-order chi connectivity index (χ1) is 19.1. The Kier molecular flexibility index (Phi) is 13.5. The van der Waals surface area contributed by atoms with Crippen molar-refractivity contribution in [1.82, 2.24) is 5.32 Å². The summed E-state index contributed by atoms with van der Waals surface area (Å²) in [4.78, 5) is 55.5. The number of aliphatic imine (C=N–C) groups is 1. The van der Waals surface area contributed by atoms with Gasteiger partial charge in [-0.3, -0.25) is 24.2 Å². The molecule has 11 heteroatoms. The number of nitrogens with one attached hydrogen (secondary N) is 1. The number of nitrogens with zero attached hydrogens (tertiary/aromatic N) is 1. The molecular weight excluding hydrogens is 510 g/mol. The molecule has 0 aromatic heterocycles. The number of amides is 2. The fourth-order valence-electron chi connectivity index (χ4n) is 4.32. The predicted molar refractivity (Wildman–Crippen MR) is 155 cm³/mol. The Morgan fingerprint density at radius 2 is 1.32 bits per heavy atom. The van der Waals surface area contributed by atoms with Crippen LogP contribution in [0.3, 0.4) is 0 Å². The molecule has 4 atom stereocenters. The molecule has 40 heavy (non-hydrogen) atoms. The zero-order valence-electron chi connectivity index (χ0n) is 22.7. The van der Waals surface area contributed by atoms with Crippen LogP contribution in [0.15, 0.2) is 65.7 Å². The maximum absolute atomic E-state index is 13.5. The summed E-state index contributed by atoms with van der Waals surface area (Å²) in [6.45, 7) is 0.188. The smallest absolute Gasteiger partial charge is 0.224 e. The Balaban J connectivity index is 2.21. The van der Waals surface area contributed by atoms with E-state index in [2.05, 4.69) is 10.3 Å². The second kappa shape index (κ2) is 16.8. The molecule has 0 saturated carbocycles. The first kappa shape index (κ1) is 32.1. The Morgan fingerprint density at radius 3 is 1.85 bits per heavy atom. The number of guanidine groups is 1. The van der Waals surface area contributed by atoms with Crippen LogP contribution in [0.25, 0.3) is 0 Å². The van der Waals surface area contributed by atoms with Crippen molar-refractivity contribution < 1.29 is 19.2 Å². The molecule has 0 aliphatic heterocycles. The number of carbonyl (C=O) groups is 4. The second-order valence-electron chi connectivity index (χ2n) is 9.87. The molecule has 0 fully saturated rings. The Hall–Kier alpha value is -4.09. The molecule has 0 heterocycles. The van der Waals surface area contributed by atoms with Crippen molar-refractivity contribution in [3.8, 4) is 0 Å². The summed E-state index contributed by atoms with van der Waals surface area (Å²) < 4.78 is 0. The van der Waals surface area contributed by atoms with Crippen molar-refractivity contribution in [1.29, 1.82) is 0 Å². The quantitative estimate of drug-likeness (QED) is 0.0833. The average Bonchev–Trinajstić information content (AvgIpc) is 2.93. The molecule has 0 unspecified atom stereocenters. The van der Waals surface area contributed by atoms with Crippen LogP contribution in [0.1, 0.15) is 36.8 Å². The van der Waals surface area contributed by atoms with E-state index in [9.17, 15) is 19.2 Å². The molecule has 0 bridgehead atoms. The first-order valence-electron chi connectivity index (χ1n) is 13.3. The van der Waals surface area contributed by atoms with Crippen molar-refractivity contribution in [2.45, 2.75) is 50.6 Å². The van der Waals surface area contributed by atoms with Crippen LogP contribution in [0.2, 0.25) is 0 Å². The summed E-state index contributed by atoms with van der Waals surface area (Å²) in [6.07, 6.45) is 0.950. The summed E-state index contributed by atoms with van der Waals surface area (Å²) in [5, 5.41) is 2.82. The molecular formula is C29H41N7O4. The van der Waals surface area contributed by atoms with Gasteiger partial charge in [-0.05, 0) is 36.8 Å². The van der Waals surface area contributed by atoms with Crippen LogP contribution in [0, 0.1) is 11.8 Å². The molecule has 216 valence electrons. The third kappa shape index (κ3) is 11.3. The number of carbonyl (C=O) groups excluding carboxylic acids is 4. The van der Waals surface area contributed by atoms with E-state index in [4.69, 9.17) is 28.7 Å². The van der Waals surface area contributed by atoms with Crippen molar-refractivity contribution in [3.63, 3.8) is 0 Å². The number of nitrogens with two attached hydrogens (primary N) is 5. The minimum atomic E-state index is -0.948. The van der Waals surface area contributed by atoms with Gasteiger partial charge in [-0.1, -0.05) is 60.7 Å². The Morgan fingerprint density at radius 1 is 0.775 bits per heavy atom. The lowest BCUT2D eigenvalue weighted by Crippen LogP contribution is -2.47. The zero-order valence-corrected chi connectivity index (χ0v) is 22.7. The van der Waals surface area contributed by atoms with Crippen molar-refractivity contribution >= 4 is 29.3 Å². The molecule has 2 aromatic carbocycles. The summed E-state index contributed by atoms with van der Waals surface area (Å²) >= 11 is 0. The number of hydrogen-bond acceptors (Lipinski definition) is 7. The third-order valence-electron chi connectivity index (χ3n) is 6.66. The molecule has 2 aromatic rings. The van der Waals surface area contributed by atoms with Crippen LogP contribution in [-0.4, -0.2) is 54.5 Å². The normalized spacial score (nSPS) is 13.8. The van der Waals surface area contributed by atoms with Crippen LogP contribution in [0.4, 0.5) is 0 Å². The first-order valence-corrected chi connectivity index (χ1v) is 13.3. The van der Waals surface area contributed by atoms with Crippen LogP contribution < -0.4 is 34.0 Å². The van der Waals surface area contributed by atoms with Gasteiger partial charge in [0.1, 0.15) is 0 Å². The van der Waals surface area contributed by atoms with Crippen molar-refractivity contribution in [2.75, 3.05) is 13.1 Å². The Bertz CT molecular complexity index is 1140. The lowest BCUT2D eigenvalue weighted by atomic mass is 9.90. The minimum absolute atomic E-state index is 0.0700. The fourth-order valence-corrected chi connectivity index (χ4v) is 4.32. The second-order valence-corrected chi connectivity index (χ2v) is 9.87. The monoisotopic (exact) mass is 551 g/mol. The molecule has 0 aliphatic carbocycles. The van der Waals surface area contributed by atoms with Gasteiger partial charge in [-0.15, -0.1) is 0 Å². The van der Waals surface area contributed by atoms with Gasteiger partial charge in [0.15, 0.2) is 17.5 Å². The van der Waals surface area contributed by atoms with E-state index in [1.54, 1.807) is 0 Å². The summed E-state index contributed by atoms with van der Waals surface area (Å²) in [6, 6.07) is 16.8. The van der Waals surface area contributed by atoms with Gasteiger partial charge in [0.2, 0.25) is 11.8 Å². The molecule has 0 aliphatic rings. The standard InChI is InChI=1S/C29H41N7O4/c30-18-22(27(32)39)17-26(38)24(15-20-10-5-2-6-11-20)36-28(40)21(12-7-13-35-29(33)34)16-25(37)23(31)14-19-8-3-1-4-9-19/h1-6,8-11,21-24H,7,12-18,30-31H2,(H2,32,39)(H,36,40)(H4,33,34,35)/t21-,22-,23-,24-/m0/s1. The molecule has 2 rings (SSSR count). The van der Waals surface area contributed by atoms with Gasteiger partial charge in [-0.2, -0.15) is 0 Å². The van der Waals surface area contributed by atoms with Gasteiger partial charge in [0.05, 0.1) is 18.0 Å². The summed E-state index contributed by atoms with van der Waals surface area (Å²) in [5.74, 6) is -3.49. The average molecular weight is 552 g/mol. The zero-order chi connectivity index (χ0) is 29.5. The van der Waals surface area contributed by atoms with Gasteiger partial charge in [0.25, 0.3) is 0 Å². The van der Waals surface area contributed by atoms with Crippen molar-refractivity contribution in [3.05, 3.63) is 71.8 Å². The maximum atomic E-state index is 13.5. The van der Waals surface area contributed by atoms with E-state index < -0.39 is 35.7 Å². The van der Waals surface area contributed by atoms with E-state index in [-0.39, 0.29) is 49.9 Å². The van der Waals surface area contributed by atoms with E-state index >= 15 is 0 Å². The minimum Gasteiger partial charge on any atom is -0.370 e. The van der Waals surface area contributed by atoms with Crippen LogP contribution >= 0.6 is 0 Å². The molecule has 0 radical (unpaired) electrons. The number of ketones is 2. The molecule has 0 saturated heterocycles. The fraction of sp³-hybridized carbons (Fsp3) is 0.414. The van der Waals surface area contributed by atoms with E-state index in [0.29, 0.717) is 19.3 Å². The Labute approximate surface area is 234 Å². The van der Waals surface area contributed by atoms with Gasteiger partial charge in [-0.25, -0.2) is 0 Å². The van der Waals surface area contributed by atoms with Gasteiger partial charge >= 0.3 is 0 Å². The number of hydrogen-bond donors (Lipinski definition) is 6. The summed E-state index contributed by atoms with van der Waals surface area (Å²) in [7, 11) is 0. The van der Waals surface area contributed by atoms with Crippen LogP contribution in [-0.2, 0) is 32.0 Å². The topological polar surface area (TPSA) is 223 Å². The van der Waals surface area contributed by atoms with E-state index in [1.165, 1.54) is 0 Å². The van der Waals surface area contributed by atoms with Gasteiger partial charge < -0.3 is 34.0 Å². The summed E-state index contributed by atoms with van der Waals surface area (Å²) in [5.41, 5.74) is 29.8. The highest BCUT2D eigenvalue weighted by molar-refractivity contribution is 5.94. The van der Waals surface area contributed by atoms with Gasteiger partial charge in [0, 0.05) is 31.8 Å². The molecule has 11 nitrogen and oxygen atoms in total. The number of Topliss-reactive ketones (excluding diaryl/α,β-unsaturated/α-hetero) is 2. The highest BCUT2D eigenvalue weighted by Gasteiger charge is 2.30. The highest BCUT2D eigenvalue weighted by Crippen LogP contribution is 2.17. The lowest BCUT2D eigenvalue weighted by Gasteiger charge is -2.24. The molecule has 2 amide bonds.